The number of hydrogen-bond donors (Lipinski definition) is 1. The number of nitrogens with zero attached hydrogens (tertiary/aromatic N) is 1. The molecule has 1 unspecified atom stereocenters. The summed E-state index contributed by atoms with van der Waals surface area (Å²) in [7, 11) is 0. The van der Waals surface area contributed by atoms with Crippen LogP contribution < -0.4 is 5.73 Å². The number of hydrogen-bond acceptors (Lipinski definition) is 2. The lowest BCUT2D eigenvalue weighted by atomic mass is 10.0. The van der Waals surface area contributed by atoms with Crippen molar-refractivity contribution >= 4 is 11.6 Å². The Morgan fingerprint density at radius 2 is 2.33 bits per heavy atom. The minimum atomic E-state index is 0.522. The molecule has 1 atom stereocenters. The van der Waals surface area contributed by atoms with E-state index in [9.17, 15) is 0 Å². The third-order valence-electron chi connectivity index (χ3n) is 2.40. The summed E-state index contributed by atoms with van der Waals surface area (Å²) in [6, 6.07) is 0.522. The number of likely N-dealkylation sites (tertiary alicyclic amines) is 1. The van der Waals surface area contributed by atoms with Crippen molar-refractivity contribution in [1.82, 2.24) is 4.90 Å². The zero-order valence-corrected chi connectivity index (χ0v) is 8.19. The smallest absolute Gasteiger partial charge is 0.0339 e. The molecule has 0 aromatic carbocycles. The van der Waals surface area contributed by atoms with Crippen LogP contribution in [0.25, 0.3) is 0 Å². The van der Waals surface area contributed by atoms with Gasteiger partial charge >= 0.3 is 0 Å². The predicted octanol–water partition coefficient (Wildman–Crippen LogP) is 1.55. The summed E-state index contributed by atoms with van der Waals surface area (Å²) in [4.78, 5) is 2.33. The molecule has 3 heteroatoms. The molecule has 1 aliphatic heterocycles. The molecule has 0 saturated carbocycles. The van der Waals surface area contributed by atoms with Gasteiger partial charge in [0.15, 0.2) is 0 Å². The van der Waals surface area contributed by atoms with Crippen molar-refractivity contribution in [3.63, 3.8) is 0 Å². The fraction of sp³-hybridized carbons (Fsp3) is 0.778. The van der Waals surface area contributed by atoms with Gasteiger partial charge in [-0.25, -0.2) is 0 Å². The van der Waals surface area contributed by atoms with Crippen LogP contribution in [0.5, 0.6) is 0 Å². The molecule has 0 aromatic rings. The number of halogens is 1. The second-order valence-electron chi connectivity index (χ2n) is 3.37. The maximum atomic E-state index is 5.76. The van der Waals surface area contributed by atoms with Crippen molar-refractivity contribution in [2.24, 2.45) is 5.73 Å². The summed E-state index contributed by atoms with van der Waals surface area (Å²) in [6.07, 6.45) is 3.77. The first-order valence-electron chi connectivity index (χ1n) is 4.51. The van der Waals surface area contributed by atoms with Gasteiger partial charge in [-0.05, 0) is 19.4 Å². The first kappa shape index (κ1) is 10.0. The molecule has 0 radical (unpaired) electrons. The topological polar surface area (TPSA) is 29.3 Å². The first-order chi connectivity index (χ1) is 5.74. The third kappa shape index (κ3) is 2.77. The molecule has 1 aliphatic rings. The molecule has 1 heterocycles. The summed E-state index contributed by atoms with van der Waals surface area (Å²) in [5.74, 6) is 0. The van der Waals surface area contributed by atoms with Crippen LogP contribution in [0.1, 0.15) is 19.3 Å². The van der Waals surface area contributed by atoms with E-state index in [1.165, 1.54) is 19.3 Å². The molecule has 2 nitrogen and oxygen atoms in total. The average Bonchev–Trinajstić information content (AvgIpc) is 2.04. The highest BCUT2D eigenvalue weighted by Gasteiger charge is 2.20. The monoisotopic (exact) mass is 188 g/mol. The average molecular weight is 189 g/mol. The van der Waals surface area contributed by atoms with Gasteiger partial charge in [0.2, 0.25) is 0 Å². The van der Waals surface area contributed by atoms with Gasteiger partial charge in [-0.15, -0.1) is 0 Å². The second kappa shape index (κ2) is 4.85. The first-order valence-corrected chi connectivity index (χ1v) is 4.89. The Morgan fingerprint density at radius 3 is 2.92 bits per heavy atom. The van der Waals surface area contributed by atoms with E-state index in [4.69, 9.17) is 17.3 Å². The Kier molecular flexibility index (Phi) is 4.06. The highest BCUT2D eigenvalue weighted by Crippen LogP contribution is 2.17. The molecule has 70 valence electrons. The Bertz CT molecular complexity index is 159. The van der Waals surface area contributed by atoms with E-state index in [2.05, 4.69) is 11.5 Å². The van der Waals surface area contributed by atoms with Crippen molar-refractivity contribution < 1.29 is 0 Å². The minimum absolute atomic E-state index is 0.522. The summed E-state index contributed by atoms with van der Waals surface area (Å²) >= 11 is 5.76. The minimum Gasteiger partial charge on any atom is -0.329 e. The Morgan fingerprint density at radius 1 is 1.58 bits per heavy atom. The van der Waals surface area contributed by atoms with E-state index < -0.39 is 0 Å². The van der Waals surface area contributed by atoms with Gasteiger partial charge in [-0.3, -0.25) is 4.90 Å². The Hall–Kier alpha value is -0.0500. The van der Waals surface area contributed by atoms with Crippen LogP contribution in [0.15, 0.2) is 11.6 Å². The van der Waals surface area contributed by atoms with E-state index in [-0.39, 0.29) is 0 Å². The lowest BCUT2D eigenvalue weighted by Crippen LogP contribution is -2.44. The van der Waals surface area contributed by atoms with Crippen LogP contribution >= 0.6 is 11.6 Å². The molecule has 1 rings (SSSR count). The molecule has 0 aromatic heterocycles. The Labute approximate surface area is 79.4 Å². The number of rotatable bonds is 3. The largest absolute Gasteiger partial charge is 0.329 e. The van der Waals surface area contributed by atoms with Gasteiger partial charge in [-0.1, -0.05) is 24.6 Å². The lowest BCUT2D eigenvalue weighted by molar-refractivity contribution is 0.169. The summed E-state index contributed by atoms with van der Waals surface area (Å²) < 4.78 is 0. The number of piperidine rings is 1. The quantitative estimate of drug-likeness (QED) is 0.729. The van der Waals surface area contributed by atoms with Gasteiger partial charge < -0.3 is 5.73 Å². The molecule has 0 bridgehead atoms. The van der Waals surface area contributed by atoms with Gasteiger partial charge in [0.25, 0.3) is 0 Å². The van der Waals surface area contributed by atoms with Gasteiger partial charge in [0.05, 0.1) is 0 Å². The fourth-order valence-electron chi connectivity index (χ4n) is 1.76. The fourth-order valence-corrected chi connectivity index (χ4v) is 1.91. The van der Waals surface area contributed by atoms with Crippen LogP contribution in [0.4, 0.5) is 0 Å². The molecular formula is C9H17ClN2. The zero-order chi connectivity index (χ0) is 8.97. The molecule has 1 fully saturated rings. The summed E-state index contributed by atoms with van der Waals surface area (Å²) in [5.41, 5.74) is 5.65. The maximum absolute atomic E-state index is 5.76. The second-order valence-corrected chi connectivity index (χ2v) is 3.91. The molecule has 0 aliphatic carbocycles. The van der Waals surface area contributed by atoms with Crippen LogP contribution in [0.2, 0.25) is 0 Å². The number of nitrogens with two attached hydrogens (primary N) is 1. The van der Waals surface area contributed by atoms with E-state index >= 15 is 0 Å². The van der Waals surface area contributed by atoms with Crippen molar-refractivity contribution in [2.45, 2.75) is 25.3 Å². The molecule has 12 heavy (non-hydrogen) atoms. The molecule has 2 N–H and O–H groups in total. The van der Waals surface area contributed by atoms with Gasteiger partial charge in [0, 0.05) is 24.2 Å². The standard InChI is InChI=1S/C9H17ClN2/c1-8(10)7-12-5-3-2-4-9(12)6-11/h9H,1-7,11H2. The van der Waals surface area contributed by atoms with Crippen molar-refractivity contribution in [2.75, 3.05) is 19.6 Å². The third-order valence-corrected chi connectivity index (χ3v) is 2.52. The van der Waals surface area contributed by atoms with E-state index in [0.717, 1.165) is 24.7 Å². The normalized spacial score (nSPS) is 25.7. The van der Waals surface area contributed by atoms with E-state index in [1.807, 2.05) is 0 Å². The van der Waals surface area contributed by atoms with E-state index in [0.29, 0.717) is 6.04 Å². The molecule has 1 saturated heterocycles. The zero-order valence-electron chi connectivity index (χ0n) is 7.43. The summed E-state index contributed by atoms with van der Waals surface area (Å²) in [5, 5.41) is 0.718. The predicted molar refractivity (Wildman–Crippen MR) is 53.3 cm³/mol. The molecule has 0 amide bonds. The van der Waals surface area contributed by atoms with Crippen LogP contribution in [0, 0.1) is 0 Å². The van der Waals surface area contributed by atoms with Crippen molar-refractivity contribution in [3.05, 3.63) is 11.6 Å². The summed E-state index contributed by atoms with van der Waals surface area (Å²) in [6.45, 7) is 6.35. The Balaban J connectivity index is 2.41. The van der Waals surface area contributed by atoms with Gasteiger partial charge in [-0.2, -0.15) is 0 Å². The van der Waals surface area contributed by atoms with Crippen LogP contribution in [-0.2, 0) is 0 Å². The SMILES string of the molecule is C=C(Cl)CN1CCCCC1CN. The maximum Gasteiger partial charge on any atom is 0.0339 e. The molecular weight excluding hydrogens is 172 g/mol. The van der Waals surface area contributed by atoms with E-state index in [1.54, 1.807) is 0 Å². The van der Waals surface area contributed by atoms with Crippen LogP contribution in [-0.4, -0.2) is 30.6 Å². The van der Waals surface area contributed by atoms with Crippen molar-refractivity contribution in [1.29, 1.82) is 0 Å². The molecule has 0 spiro atoms. The van der Waals surface area contributed by atoms with Crippen LogP contribution in [0.3, 0.4) is 0 Å². The van der Waals surface area contributed by atoms with Crippen molar-refractivity contribution in [3.8, 4) is 0 Å². The highest BCUT2D eigenvalue weighted by atomic mass is 35.5. The lowest BCUT2D eigenvalue weighted by Gasteiger charge is -2.34. The highest BCUT2D eigenvalue weighted by molar-refractivity contribution is 6.29. The van der Waals surface area contributed by atoms with Gasteiger partial charge in [0.1, 0.15) is 0 Å².